The molecule has 0 unspecified atom stereocenters. The number of nitrogens with zero attached hydrogens (tertiary/aromatic N) is 2. The summed E-state index contributed by atoms with van der Waals surface area (Å²) in [5.41, 5.74) is 3.72. The summed E-state index contributed by atoms with van der Waals surface area (Å²) in [4.78, 5) is 40.2. The molecule has 1 aliphatic heterocycles. The summed E-state index contributed by atoms with van der Waals surface area (Å²) in [5, 5.41) is 3.55. The van der Waals surface area contributed by atoms with Crippen molar-refractivity contribution in [1.29, 1.82) is 0 Å². The zero-order valence-corrected chi connectivity index (χ0v) is 18.4. The molecule has 32 heavy (non-hydrogen) atoms. The van der Waals surface area contributed by atoms with Gasteiger partial charge in [0.05, 0.1) is 6.42 Å². The summed E-state index contributed by atoms with van der Waals surface area (Å²) in [5.74, 6) is -0.0394. The molecular formula is C25H27N3O4. The molecule has 166 valence electrons. The largest absolute Gasteiger partial charge is 0.423 e. The first-order chi connectivity index (χ1) is 15.4. The lowest BCUT2D eigenvalue weighted by molar-refractivity contribution is -0.132. The Morgan fingerprint density at radius 2 is 1.72 bits per heavy atom. The summed E-state index contributed by atoms with van der Waals surface area (Å²) < 4.78 is 5.35. The van der Waals surface area contributed by atoms with Gasteiger partial charge in [-0.05, 0) is 30.2 Å². The average Bonchev–Trinajstić information content (AvgIpc) is 2.75. The van der Waals surface area contributed by atoms with E-state index < -0.39 is 5.63 Å². The topological polar surface area (TPSA) is 82.9 Å². The number of rotatable bonds is 5. The van der Waals surface area contributed by atoms with Crippen LogP contribution in [0.4, 0.5) is 5.69 Å². The predicted molar refractivity (Wildman–Crippen MR) is 124 cm³/mol. The molecule has 0 atom stereocenters. The SMILES string of the molecule is CC(=O)Nc1ccc2c(CN3CCN(C(=O)Cc4ccc(C)cc4)CC3)cc(=O)oc2c1. The van der Waals surface area contributed by atoms with Crippen molar-refractivity contribution >= 4 is 28.5 Å². The van der Waals surface area contributed by atoms with Gasteiger partial charge in [0, 0.05) is 62.9 Å². The van der Waals surface area contributed by atoms with Crippen molar-refractivity contribution < 1.29 is 14.0 Å². The van der Waals surface area contributed by atoms with Crippen LogP contribution < -0.4 is 10.9 Å². The lowest BCUT2D eigenvalue weighted by Crippen LogP contribution is -2.48. The summed E-state index contributed by atoms with van der Waals surface area (Å²) in [7, 11) is 0. The van der Waals surface area contributed by atoms with E-state index in [1.807, 2.05) is 42.2 Å². The Labute approximate surface area is 186 Å². The van der Waals surface area contributed by atoms with E-state index in [-0.39, 0.29) is 11.8 Å². The second-order valence-corrected chi connectivity index (χ2v) is 8.30. The van der Waals surface area contributed by atoms with Crippen molar-refractivity contribution in [3.63, 3.8) is 0 Å². The Balaban J connectivity index is 1.40. The smallest absolute Gasteiger partial charge is 0.336 e. The van der Waals surface area contributed by atoms with Crippen LogP contribution in [0.3, 0.4) is 0 Å². The van der Waals surface area contributed by atoms with Gasteiger partial charge in [0.15, 0.2) is 0 Å². The van der Waals surface area contributed by atoms with E-state index in [4.69, 9.17) is 4.42 Å². The van der Waals surface area contributed by atoms with Gasteiger partial charge in [-0.1, -0.05) is 29.8 Å². The van der Waals surface area contributed by atoms with Gasteiger partial charge in [0.2, 0.25) is 11.8 Å². The zero-order chi connectivity index (χ0) is 22.7. The van der Waals surface area contributed by atoms with Crippen molar-refractivity contribution in [1.82, 2.24) is 9.80 Å². The highest BCUT2D eigenvalue weighted by Crippen LogP contribution is 2.23. The third-order valence-corrected chi connectivity index (χ3v) is 5.75. The number of amides is 2. The minimum atomic E-state index is -0.417. The van der Waals surface area contributed by atoms with Gasteiger partial charge >= 0.3 is 5.63 Å². The van der Waals surface area contributed by atoms with E-state index in [1.165, 1.54) is 18.6 Å². The van der Waals surface area contributed by atoms with Crippen LogP contribution in [0.5, 0.6) is 0 Å². The summed E-state index contributed by atoms with van der Waals surface area (Å²) in [6, 6.07) is 14.9. The zero-order valence-electron chi connectivity index (χ0n) is 18.4. The number of benzene rings is 2. The van der Waals surface area contributed by atoms with Gasteiger partial charge in [-0.3, -0.25) is 14.5 Å². The maximum absolute atomic E-state index is 12.7. The maximum Gasteiger partial charge on any atom is 0.336 e. The second kappa shape index (κ2) is 9.36. The van der Waals surface area contributed by atoms with E-state index in [2.05, 4.69) is 10.2 Å². The number of hydrogen-bond donors (Lipinski definition) is 1. The minimum absolute atomic E-state index is 0.143. The monoisotopic (exact) mass is 433 g/mol. The van der Waals surface area contributed by atoms with Crippen LogP contribution in [0, 0.1) is 6.92 Å². The molecule has 1 aromatic heterocycles. The van der Waals surface area contributed by atoms with Crippen molar-refractivity contribution in [3.05, 3.63) is 75.6 Å². The molecule has 2 aromatic carbocycles. The molecule has 0 spiro atoms. The molecule has 0 saturated carbocycles. The van der Waals surface area contributed by atoms with E-state index in [9.17, 15) is 14.4 Å². The van der Waals surface area contributed by atoms with Crippen molar-refractivity contribution in [3.8, 4) is 0 Å². The van der Waals surface area contributed by atoms with Crippen molar-refractivity contribution in [2.24, 2.45) is 0 Å². The fourth-order valence-electron chi connectivity index (χ4n) is 4.03. The molecule has 0 radical (unpaired) electrons. The Morgan fingerprint density at radius 1 is 1.00 bits per heavy atom. The number of carbonyl (C=O) groups is 2. The van der Waals surface area contributed by atoms with Crippen LogP contribution in [0.25, 0.3) is 11.0 Å². The van der Waals surface area contributed by atoms with Crippen LogP contribution in [0.15, 0.2) is 57.7 Å². The number of nitrogens with one attached hydrogen (secondary N) is 1. The Hall–Kier alpha value is -3.45. The van der Waals surface area contributed by atoms with Gasteiger partial charge < -0.3 is 14.6 Å². The first kappa shape index (κ1) is 21.8. The van der Waals surface area contributed by atoms with E-state index in [0.29, 0.717) is 37.3 Å². The van der Waals surface area contributed by atoms with Crippen LogP contribution in [-0.4, -0.2) is 47.8 Å². The van der Waals surface area contributed by atoms with Crippen LogP contribution in [0.2, 0.25) is 0 Å². The molecule has 1 N–H and O–H groups in total. The minimum Gasteiger partial charge on any atom is -0.423 e. The number of fused-ring (bicyclic) bond motifs is 1. The molecule has 1 aliphatic rings. The van der Waals surface area contributed by atoms with Gasteiger partial charge in [-0.25, -0.2) is 4.79 Å². The molecule has 2 heterocycles. The molecule has 3 aromatic rings. The first-order valence-corrected chi connectivity index (χ1v) is 10.8. The Kier molecular flexibility index (Phi) is 6.37. The molecule has 1 fully saturated rings. The fourth-order valence-corrected chi connectivity index (χ4v) is 4.03. The Morgan fingerprint density at radius 3 is 2.41 bits per heavy atom. The normalized spacial score (nSPS) is 14.5. The number of piperazine rings is 1. The predicted octanol–water partition coefficient (Wildman–Crippen LogP) is 2.95. The molecule has 7 nitrogen and oxygen atoms in total. The third-order valence-electron chi connectivity index (χ3n) is 5.75. The lowest BCUT2D eigenvalue weighted by atomic mass is 10.1. The van der Waals surface area contributed by atoms with Gasteiger partial charge in [-0.15, -0.1) is 0 Å². The summed E-state index contributed by atoms with van der Waals surface area (Å²) >= 11 is 0. The summed E-state index contributed by atoms with van der Waals surface area (Å²) in [6.45, 7) is 6.88. The van der Waals surface area contributed by atoms with Gasteiger partial charge in [0.25, 0.3) is 0 Å². The average molecular weight is 434 g/mol. The van der Waals surface area contributed by atoms with Crippen LogP contribution in [-0.2, 0) is 22.6 Å². The maximum atomic E-state index is 12.7. The van der Waals surface area contributed by atoms with Crippen molar-refractivity contribution in [2.45, 2.75) is 26.8 Å². The van der Waals surface area contributed by atoms with Crippen molar-refractivity contribution in [2.75, 3.05) is 31.5 Å². The number of anilines is 1. The first-order valence-electron chi connectivity index (χ1n) is 10.8. The molecule has 1 saturated heterocycles. The quantitative estimate of drug-likeness (QED) is 0.626. The number of aryl methyl sites for hydroxylation is 1. The van der Waals surface area contributed by atoms with E-state index >= 15 is 0 Å². The number of carbonyl (C=O) groups excluding carboxylic acids is 2. The Bertz CT molecular complexity index is 1190. The van der Waals surface area contributed by atoms with Crippen LogP contribution >= 0.6 is 0 Å². The van der Waals surface area contributed by atoms with E-state index in [0.717, 1.165) is 29.6 Å². The highest BCUT2D eigenvalue weighted by molar-refractivity contribution is 5.92. The highest BCUT2D eigenvalue weighted by atomic mass is 16.4. The number of hydrogen-bond acceptors (Lipinski definition) is 5. The summed E-state index contributed by atoms with van der Waals surface area (Å²) in [6.07, 6.45) is 0.418. The molecule has 2 amide bonds. The molecule has 0 aliphatic carbocycles. The molecule has 4 rings (SSSR count). The van der Waals surface area contributed by atoms with Gasteiger partial charge in [-0.2, -0.15) is 0 Å². The van der Waals surface area contributed by atoms with Gasteiger partial charge in [0.1, 0.15) is 5.58 Å². The molecule has 7 heteroatoms. The highest BCUT2D eigenvalue weighted by Gasteiger charge is 2.22. The fraction of sp³-hybridized carbons (Fsp3) is 0.320. The standard InChI is InChI=1S/C25H27N3O4/c1-17-3-5-19(6-4-17)13-24(30)28-11-9-27(10-12-28)16-20-14-25(31)32-23-15-21(26-18(2)29)7-8-22(20)23/h3-8,14-15H,9-13,16H2,1-2H3,(H,26,29). The second-order valence-electron chi connectivity index (χ2n) is 8.30. The lowest BCUT2D eigenvalue weighted by Gasteiger charge is -2.35. The van der Waals surface area contributed by atoms with Crippen LogP contribution in [0.1, 0.15) is 23.6 Å². The molecule has 0 bridgehead atoms. The molecular weight excluding hydrogens is 406 g/mol. The van der Waals surface area contributed by atoms with E-state index in [1.54, 1.807) is 12.1 Å². The third kappa shape index (κ3) is 5.23.